The number of aromatic nitrogens is 2. The second-order valence-corrected chi connectivity index (χ2v) is 4.29. The summed E-state index contributed by atoms with van der Waals surface area (Å²) in [6.45, 7) is 0. The van der Waals surface area contributed by atoms with Crippen molar-refractivity contribution in [1.29, 1.82) is 0 Å². The summed E-state index contributed by atoms with van der Waals surface area (Å²) in [5.74, 6) is 0.534. The zero-order valence-corrected chi connectivity index (χ0v) is 10.8. The van der Waals surface area contributed by atoms with E-state index in [1.807, 2.05) is 24.3 Å². The zero-order valence-electron chi connectivity index (χ0n) is 10.0. The van der Waals surface area contributed by atoms with E-state index in [0.717, 1.165) is 11.3 Å². The molecule has 1 atom stereocenters. The van der Waals surface area contributed by atoms with E-state index in [-0.39, 0.29) is 6.04 Å². The molecular formula is C13H14ClN3O. The predicted molar refractivity (Wildman–Crippen MR) is 70.7 cm³/mol. The first-order chi connectivity index (χ1) is 8.70. The van der Waals surface area contributed by atoms with Crippen LogP contribution in [0.5, 0.6) is 5.88 Å². The van der Waals surface area contributed by atoms with Gasteiger partial charge in [0.2, 0.25) is 5.88 Å². The highest BCUT2D eigenvalue weighted by Crippen LogP contribution is 2.23. The Morgan fingerprint density at radius 2 is 2.11 bits per heavy atom. The van der Waals surface area contributed by atoms with Gasteiger partial charge < -0.3 is 10.5 Å². The molecule has 0 radical (unpaired) electrons. The lowest BCUT2D eigenvalue weighted by molar-refractivity contribution is 0.395. The van der Waals surface area contributed by atoms with Crippen molar-refractivity contribution >= 4 is 11.6 Å². The van der Waals surface area contributed by atoms with Crippen LogP contribution in [0.15, 0.2) is 36.7 Å². The predicted octanol–water partition coefficient (Wildman–Crippen LogP) is 2.38. The van der Waals surface area contributed by atoms with Crippen molar-refractivity contribution in [3.05, 3.63) is 52.9 Å². The summed E-state index contributed by atoms with van der Waals surface area (Å²) in [5, 5.41) is 0.672. The molecule has 5 heteroatoms. The van der Waals surface area contributed by atoms with E-state index in [1.165, 1.54) is 6.33 Å². The van der Waals surface area contributed by atoms with Crippen LogP contribution in [-0.2, 0) is 6.42 Å². The molecule has 2 N–H and O–H groups in total. The fraction of sp³-hybridized carbons (Fsp3) is 0.231. The highest BCUT2D eigenvalue weighted by Gasteiger charge is 2.11. The van der Waals surface area contributed by atoms with Gasteiger partial charge in [-0.1, -0.05) is 29.8 Å². The molecule has 0 bridgehead atoms. The Labute approximate surface area is 111 Å². The van der Waals surface area contributed by atoms with Crippen LogP contribution >= 0.6 is 11.6 Å². The molecule has 18 heavy (non-hydrogen) atoms. The van der Waals surface area contributed by atoms with Crippen molar-refractivity contribution in [3.8, 4) is 5.88 Å². The summed E-state index contributed by atoms with van der Waals surface area (Å²) in [4.78, 5) is 8.12. The van der Waals surface area contributed by atoms with Gasteiger partial charge in [0.05, 0.1) is 7.11 Å². The molecule has 0 saturated heterocycles. The quantitative estimate of drug-likeness (QED) is 0.920. The minimum absolute atomic E-state index is 0.196. The highest BCUT2D eigenvalue weighted by molar-refractivity contribution is 6.31. The molecule has 2 rings (SSSR count). The number of rotatable bonds is 4. The molecule has 2 aromatic rings. The molecule has 0 fully saturated rings. The first-order valence-corrected chi connectivity index (χ1v) is 5.93. The van der Waals surface area contributed by atoms with Crippen LogP contribution in [-0.4, -0.2) is 17.1 Å². The number of ether oxygens (including phenoxy) is 1. The van der Waals surface area contributed by atoms with Crippen molar-refractivity contribution in [1.82, 2.24) is 9.97 Å². The van der Waals surface area contributed by atoms with E-state index in [0.29, 0.717) is 17.3 Å². The smallest absolute Gasteiger partial charge is 0.216 e. The summed E-state index contributed by atoms with van der Waals surface area (Å²) in [6, 6.07) is 9.13. The minimum atomic E-state index is -0.196. The van der Waals surface area contributed by atoms with Gasteiger partial charge in [-0.25, -0.2) is 9.97 Å². The van der Waals surface area contributed by atoms with Gasteiger partial charge in [0, 0.05) is 29.2 Å². The van der Waals surface area contributed by atoms with Crippen LogP contribution in [0, 0.1) is 0 Å². The van der Waals surface area contributed by atoms with E-state index in [9.17, 15) is 0 Å². The molecule has 0 spiro atoms. The van der Waals surface area contributed by atoms with Crippen molar-refractivity contribution < 1.29 is 4.74 Å². The van der Waals surface area contributed by atoms with Crippen LogP contribution in [0.2, 0.25) is 5.02 Å². The molecule has 1 heterocycles. The first kappa shape index (κ1) is 12.8. The van der Waals surface area contributed by atoms with Crippen LogP contribution < -0.4 is 10.5 Å². The standard InChI is InChI=1S/C13H14ClN3O/c1-18-13-7-9(16-8-17-13)6-12(15)10-4-2-3-5-11(10)14/h2-5,7-8,12H,6,15H2,1H3. The maximum atomic E-state index is 6.13. The van der Waals surface area contributed by atoms with E-state index >= 15 is 0 Å². The zero-order chi connectivity index (χ0) is 13.0. The second-order valence-electron chi connectivity index (χ2n) is 3.88. The van der Waals surface area contributed by atoms with Gasteiger partial charge >= 0.3 is 0 Å². The van der Waals surface area contributed by atoms with E-state index in [2.05, 4.69) is 9.97 Å². The maximum absolute atomic E-state index is 6.13. The molecule has 1 aromatic heterocycles. The van der Waals surface area contributed by atoms with Crippen LogP contribution in [0.1, 0.15) is 17.3 Å². The molecule has 0 saturated carbocycles. The Morgan fingerprint density at radius 1 is 1.33 bits per heavy atom. The lowest BCUT2D eigenvalue weighted by Crippen LogP contribution is -2.14. The van der Waals surface area contributed by atoms with Gasteiger partial charge in [0.1, 0.15) is 6.33 Å². The third kappa shape index (κ3) is 2.97. The van der Waals surface area contributed by atoms with Crippen LogP contribution in [0.25, 0.3) is 0 Å². The molecule has 0 aliphatic carbocycles. The Kier molecular flexibility index (Phi) is 4.12. The molecular weight excluding hydrogens is 250 g/mol. The molecule has 4 nitrogen and oxygen atoms in total. The Hall–Kier alpha value is -1.65. The number of hydrogen-bond acceptors (Lipinski definition) is 4. The average molecular weight is 264 g/mol. The minimum Gasteiger partial charge on any atom is -0.481 e. The molecule has 0 aliphatic rings. The third-order valence-electron chi connectivity index (χ3n) is 2.64. The molecule has 1 unspecified atom stereocenters. The summed E-state index contributed by atoms with van der Waals surface area (Å²) in [7, 11) is 1.57. The Bertz CT molecular complexity index is 533. The molecule has 0 amide bonds. The number of halogens is 1. The van der Waals surface area contributed by atoms with E-state index in [1.54, 1.807) is 13.2 Å². The summed E-state index contributed by atoms with van der Waals surface area (Å²) in [6.07, 6.45) is 2.05. The average Bonchev–Trinajstić information content (AvgIpc) is 2.39. The van der Waals surface area contributed by atoms with Crippen molar-refractivity contribution in [2.24, 2.45) is 5.73 Å². The number of hydrogen-bond donors (Lipinski definition) is 1. The lowest BCUT2D eigenvalue weighted by Gasteiger charge is -2.13. The van der Waals surface area contributed by atoms with Crippen molar-refractivity contribution in [3.63, 3.8) is 0 Å². The van der Waals surface area contributed by atoms with Gasteiger partial charge in [-0.2, -0.15) is 0 Å². The van der Waals surface area contributed by atoms with Gasteiger partial charge in [-0.3, -0.25) is 0 Å². The summed E-state index contributed by atoms with van der Waals surface area (Å²) < 4.78 is 5.05. The second kappa shape index (κ2) is 5.80. The fourth-order valence-corrected chi connectivity index (χ4v) is 1.99. The lowest BCUT2D eigenvalue weighted by atomic mass is 10.0. The first-order valence-electron chi connectivity index (χ1n) is 5.55. The number of nitrogens with zero attached hydrogens (tertiary/aromatic N) is 2. The summed E-state index contributed by atoms with van der Waals surface area (Å²) >= 11 is 6.11. The van der Waals surface area contributed by atoms with Crippen molar-refractivity contribution in [2.45, 2.75) is 12.5 Å². The normalized spacial score (nSPS) is 12.2. The van der Waals surface area contributed by atoms with Gasteiger partial charge in [0.25, 0.3) is 0 Å². The summed E-state index contributed by atoms with van der Waals surface area (Å²) in [5.41, 5.74) is 7.88. The van der Waals surface area contributed by atoms with Crippen molar-refractivity contribution in [2.75, 3.05) is 7.11 Å². The number of benzene rings is 1. The number of nitrogens with two attached hydrogens (primary N) is 1. The fourth-order valence-electron chi connectivity index (χ4n) is 1.71. The van der Waals surface area contributed by atoms with Crippen LogP contribution in [0.4, 0.5) is 0 Å². The van der Waals surface area contributed by atoms with Gasteiger partial charge in [0.15, 0.2) is 0 Å². The van der Waals surface area contributed by atoms with Gasteiger partial charge in [-0.05, 0) is 11.6 Å². The number of methoxy groups -OCH3 is 1. The topological polar surface area (TPSA) is 61.0 Å². The maximum Gasteiger partial charge on any atom is 0.216 e. The third-order valence-corrected chi connectivity index (χ3v) is 2.99. The monoisotopic (exact) mass is 263 g/mol. The Morgan fingerprint density at radius 3 is 2.83 bits per heavy atom. The highest BCUT2D eigenvalue weighted by atomic mass is 35.5. The molecule has 94 valence electrons. The van der Waals surface area contributed by atoms with Gasteiger partial charge in [-0.15, -0.1) is 0 Å². The van der Waals surface area contributed by atoms with E-state index in [4.69, 9.17) is 22.1 Å². The SMILES string of the molecule is COc1cc(CC(N)c2ccccc2Cl)ncn1. The Balaban J connectivity index is 2.16. The van der Waals surface area contributed by atoms with E-state index < -0.39 is 0 Å². The molecule has 1 aromatic carbocycles. The molecule has 0 aliphatic heterocycles. The van der Waals surface area contributed by atoms with Crippen LogP contribution in [0.3, 0.4) is 0 Å². The largest absolute Gasteiger partial charge is 0.481 e.